The molecule has 0 spiro atoms. The minimum Gasteiger partial charge on any atom is -0.405 e. The van der Waals surface area contributed by atoms with Crippen molar-refractivity contribution in [2.75, 3.05) is 13.2 Å². The summed E-state index contributed by atoms with van der Waals surface area (Å²) in [6.07, 6.45) is -3.77. The van der Waals surface area contributed by atoms with Crippen molar-refractivity contribution in [3.05, 3.63) is 121 Å². The van der Waals surface area contributed by atoms with Gasteiger partial charge in [-0.25, -0.2) is 0 Å². The number of hydrogen-bond acceptors (Lipinski definition) is 7. The molecular weight excluding hydrogens is 709 g/mol. The van der Waals surface area contributed by atoms with Gasteiger partial charge in [0, 0.05) is 0 Å². The maximum absolute atomic E-state index is 12.4. The fourth-order valence-corrected chi connectivity index (χ4v) is 17.8. The molecule has 0 saturated carbocycles. The fourth-order valence-electron chi connectivity index (χ4n) is 8.69. The van der Waals surface area contributed by atoms with E-state index in [1.807, 2.05) is 52.0 Å². The number of benzene rings is 4. The Hall–Kier alpha value is -2.97. The zero-order valence-corrected chi connectivity index (χ0v) is 35.7. The van der Waals surface area contributed by atoms with Crippen LogP contribution in [0, 0.1) is 0 Å². The summed E-state index contributed by atoms with van der Waals surface area (Å²) >= 11 is 0. The molecule has 4 aromatic carbocycles. The lowest BCUT2D eigenvalue weighted by atomic mass is 10.00. The molecular formula is C45H60O7Si2. The molecule has 2 fully saturated rings. The Morgan fingerprint density at radius 3 is 1.00 bits per heavy atom. The van der Waals surface area contributed by atoms with E-state index in [2.05, 4.69) is 139 Å². The number of aliphatic hydroxyl groups is 1. The summed E-state index contributed by atoms with van der Waals surface area (Å²) < 4.78 is 40.9. The fraction of sp³-hybridized carbons (Fsp3) is 0.467. The molecule has 0 radical (unpaired) electrons. The molecule has 7 nitrogen and oxygen atoms in total. The van der Waals surface area contributed by atoms with Crippen LogP contribution in [-0.4, -0.2) is 77.0 Å². The Bertz CT molecular complexity index is 1580. The van der Waals surface area contributed by atoms with Crippen LogP contribution in [0.5, 0.6) is 0 Å². The highest BCUT2D eigenvalue weighted by atomic mass is 28.4. The summed E-state index contributed by atoms with van der Waals surface area (Å²) in [5.41, 5.74) is 0. The molecule has 2 aliphatic rings. The highest BCUT2D eigenvalue weighted by molar-refractivity contribution is 7.00. The number of aliphatic hydroxyl groups excluding tert-OH is 1. The van der Waals surface area contributed by atoms with Crippen molar-refractivity contribution in [3.63, 3.8) is 0 Å². The number of rotatable bonds is 12. The zero-order valence-electron chi connectivity index (χ0n) is 33.7. The van der Waals surface area contributed by atoms with E-state index < -0.39 is 58.7 Å². The zero-order chi connectivity index (χ0) is 39.0. The average Bonchev–Trinajstić information content (AvgIpc) is 3.62. The predicted molar refractivity (Wildman–Crippen MR) is 221 cm³/mol. The molecule has 54 heavy (non-hydrogen) atoms. The molecule has 5 atom stereocenters. The maximum Gasteiger partial charge on any atom is 0.261 e. The topological polar surface area (TPSA) is 75.6 Å². The van der Waals surface area contributed by atoms with Gasteiger partial charge in [-0.3, -0.25) is 0 Å². The first kappa shape index (κ1) is 40.7. The summed E-state index contributed by atoms with van der Waals surface area (Å²) in [6.45, 7) is 21.5. The molecule has 0 aromatic heterocycles. The normalized spacial score (nSPS) is 23.7. The van der Waals surface area contributed by atoms with Crippen LogP contribution in [0.2, 0.25) is 10.1 Å². The molecule has 4 aromatic rings. The lowest BCUT2D eigenvalue weighted by Crippen LogP contribution is -2.67. The standard InChI is InChI=1S/C45H60O7Si2/c1-42(2,3)53(33-23-15-11-16-24-33,34-25-17-12-18-26-34)47-31-37-40(51-44(7,8)49-37)39(46)41-38(50-45(9,10)52-41)32-48-54(43(4,5)6,35-27-19-13-20-28-35)36-29-21-14-22-30-36/h11-30,37-41,46H,31-32H2,1-10H3/t37-,38+,39-,40-,41-/m1/s1. The molecule has 2 aliphatic heterocycles. The third-order valence-corrected chi connectivity index (χ3v) is 20.9. The quantitative estimate of drug-likeness (QED) is 0.164. The molecule has 1 N–H and O–H groups in total. The Morgan fingerprint density at radius 1 is 0.500 bits per heavy atom. The first-order chi connectivity index (χ1) is 25.4. The van der Waals surface area contributed by atoms with Gasteiger partial charge in [0.25, 0.3) is 16.6 Å². The van der Waals surface area contributed by atoms with Crippen molar-refractivity contribution in [2.24, 2.45) is 0 Å². The molecule has 0 amide bonds. The third kappa shape index (κ3) is 7.98. The predicted octanol–water partition coefficient (Wildman–Crippen LogP) is 6.54. The summed E-state index contributed by atoms with van der Waals surface area (Å²) in [7, 11) is -5.80. The largest absolute Gasteiger partial charge is 0.405 e. The number of hydrogen-bond donors (Lipinski definition) is 1. The van der Waals surface area contributed by atoms with Gasteiger partial charge >= 0.3 is 0 Å². The summed E-state index contributed by atoms with van der Waals surface area (Å²) in [4.78, 5) is 0. The number of ether oxygens (including phenoxy) is 4. The van der Waals surface area contributed by atoms with E-state index in [9.17, 15) is 5.11 Å². The van der Waals surface area contributed by atoms with E-state index in [1.165, 1.54) is 20.7 Å². The first-order valence-corrected chi connectivity index (χ1v) is 23.1. The van der Waals surface area contributed by atoms with E-state index in [-0.39, 0.29) is 23.3 Å². The maximum atomic E-state index is 12.4. The van der Waals surface area contributed by atoms with Crippen LogP contribution >= 0.6 is 0 Å². The molecule has 2 heterocycles. The van der Waals surface area contributed by atoms with Crippen molar-refractivity contribution in [1.29, 1.82) is 0 Å². The Kier molecular flexibility index (Phi) is 11.7. The molecule has 9 heteroatoms. The summed E-state index contributed by atoms with van der Waals surface area (Å²) in [5, 5.41) is 16.6. The molecule has 0 unspecified atom stereocenters. The lowest BCUT2D eigenvalue weighted by molar-refractivity contribution is -0.179. The SMILES string of the molecule is CC1(C)O[C@@H]([C@H](O)[C@@H]2OC(C)(C)O[C@@H]2CO[Si](c2ccccc2)(c2ccccc2)C(C)(C)C)[C@H](CO[Si](c2ccccc2)(c2ccccc2)C(C)(C)C)O1. The highest BCUT2D eigenvalue weighted by Gasteiger charge is 2.57. The van der Waals surface area contributed by atoms with E-state index in [0.29, 0.717) is 0 Å². The van der Waals surface area contributed by atoms with Crippen molar-refractivity contribution < 1.29 is 32.9 Å². The van der Waals surface area contributed by atoms with Gasteiger partial charge in [-0.1, -0.05) is 163 Å². The van der Waals surface area contributed by atoms with Crippen LogP contribution < -0.4 is 20.7 Å². The highest BCUT2D eigenvalue weighted by Crippen LogP contribution is 2.42. The van der Waals surface area contributed by atoms with Crippen molar-refractivity contribution >= 4 is 37.4 Å². The van der Waals surface area contributed by atoms with E-state index in [4.69, 9.17) is 27.8 Å². The van der Waals surface area contributed by atoms with Gasteiger partial charge < -0.3 is 32.9 Å². The van der Waals surface area contributed by atoms with Gasteiger partial charge in [0.1, 0.15) is 30.5 Å². The van der Waals surface area contributed by atoms with Gasteiger partial charge in [0.2, 0.25) is 0 Å². The summed E-state index contributed by atoms with van der Waals surface area (Å²) in [5.74, 6) is -1.91. The van der Waals surface area contributed by atoms with E-state index in [0.717, 1.165) is 0 Å². The first-order valence-electron chi connectivity index (χ1n) is 19.3. The smallest absolute Gasteiger partial charge is 0.261 e. The molecule has 2 saturated heterocycles. The molecule has 0 aliphatic carbocycles. The van der Waals surface area contributed by atoms with Gasteiger partial charge in [-0.2, -0.15) is 0 Å². The second-order valence-electron chi connectivity index (χ2n) is 17.7. The van der Waals surface area contributed by atoms with Gasteiger partial charge in [-0.15, -0.1) is 0 Å². The van der Waals surface area contributed by atoms with E-state index in [1.54, 1.807) is 0 Å². The second kappa shape index (κ2) is 15.5. The summed E-state index contributed by atoms with van der Waals surface area (Å²) in [6, 6.07) is 42.2. The van der Waals surface area contributed by atoms with Crippen molar-refractivity contribution in [3.8, 4) is 0 Å². The average molecular weight is 769 g/mol. The second-order valence-corrected chi connectivity index (χ2v) is 26.3. The Morgan fingerprint density at radius 2 is 0.759 bits per heavy atom. The van der Waals surface area contributed by atoms with Gasteiger partial charge in [-0.05, 0) is 58.5 Å². The van der Waals surface area contributed by atoms with Crippen molar-refractivity contribution in [2.45, 2.75) is 121 Å². The van der Waals surface area contributed by atoms with Crippen LogP contribution in [-0.2, 0) is 27.8 Å². The van der Waals surface area contributed by atoms with Crippen LogP contribution in [0.15, 0.2) is 121 Å². The third-order valence-electron chi connectivity index (χ3n) is 10.9. The molecule has 0 bridgehead atoms. The van der Waals surface area contributed by atoms with Gasteiger partial charge in [0.15, 0.2) is 11.6 Å². The molecule has 6 rings (SSSR count). The minimum absolute atomic E-state index is 0.221. The van der Waals surface area contributed by atoms with Crippen LogP contribution in [0.3, 0.4) is 0 Å². The van der Waals surface area contributed by atoms with E-state index >= 15 is 0 Å². The lowest BCUT2D eigenvalue weighted by Gasteiger charge is -2.44. The van der Waals surface area contributed by atoms with Gasteiger partial charge in [0.05, 0.1) is 13.2 Å². The Balaban J connectivity index is 1.31. The van der Waals surface area contributed by atoms with Crippen LogP contribution in [0.1, 0.15) is 69.2 Å². The van der Waals surface area contributed by atoms with Crippen molar-refractivity contribution in [1.82, 2.24) is 0 Å². The monoisotopic (exact) mass is 768 g/mol. The Labute approximate surface area is 325 Å². The van der Waals surface area contributed by atoms with Crippen LogP contribution in [0.25, 0.3) is 0 Å². The van der Waals surface area contributed by atoms with Crippen LogP contribution in [0.4, 0.5) is 0 Å². The molecule has 290 valence electrons. The minimum atomic E-state index is -2.90.